The summed E-state index contributed by atoms with van der Waals surface area (Å²) < 4.78 is 65.4. The molecule has 3 rings (SSSR count). The van der Waals surface area contributed by atoms with Crippen molar-refractivity contribution < 1.29 is 26.4 Å². The number of piperidine rings is 1. The minimum absolute atomic E-state index is 0.000157. The van der Waals surface area contributed by atoms with Gasteiger partial charge in [-0.3, -0.25) is 4.79 Å². The fourth-order valence-corrected chi connectivity index (χ4v) is 5.00. The lowest BCUT2D eigenvalue weighted by Crippen LogP contribution is -2.35. The molecule has 0 bridgehead atoms. The Morgan fingerprint density at radius 2 is 1.62 bits per heavy atom. The van der Waals surface area contributed by atoms with Gasteiger partial charge < -0.3 is 5.32 Å². The van der Waals surface area contributed by atoms with E-state index in [1.54, 1.807) is 0 Å². The number of nitrogens with zero attached hydrogens (tertiary/aromatic N) is 1. The van der Waals surface area contributed by atoms with E-state index in [1.165, 1.54) is 22.5 Å². The third-order valence-corrected chi connectivity index (χ3v) is 7.19. The molecule has 5 nitrogen and oxygen atoms in total. The van der Waals surface area contributed by atoms with Crippen LogP contribution in [0.5, 0.6) is 0 Å². The highest BCUT2D eigenvalue weighted by Gasteiger charge is 2.30. The van der Waals surface area contributed by atoms with Crippen LogP contribution in [0.15, 0.2) is 51.8 Å². The van der Waals surface area contributed by atoms with E-state index in [4.69, 9.17) is 0 Å². The first-order chi connectivity index (χ1) is 13.6. The van der Waals surface area contributed by atoms with E-state index < -0.39 is 27.7 Å². The predicted molar refractivity (Wildman–Crippen MR) is 106 cm³/mol. The molecule has 156 valence electrons. The molecule has 1 saturated heterocycles. The molecule has 1 amide bonds. The van der Waals surface area contributed by atoms with Gasteiger partial charge in [-0.05, 0) is 71.2 Å². The molecule has 1 aliphatic rings. The van der Waals surface area contributed by atoms with Crippen LogP contribution in [0, 0.1) is 0 Å². The Balaban J connectivity index is 1.83. The Morgan fingerprint density at radius 1 is 1.00 bits per heavy atom. The van der Waals surface area contributed by atoms with Crippen LogP contribution in [0.2, 0.25) is 0 Å². The Bertz CT molecular complexity index is 1000. The van der Waals surface area contributed by atoms with E-state index in [0.29, 0.717) is 17.6 Å². The molecule has 0 unspecified atom stereocenters. The Labute approximate surface area is 175 Å². The van der Waals surface area contributed by atoms with Gasteiger partial charge in [0.15, 0.2) is 0 Å². The summed E-state index contributed by atoms with van der Waals surface area (Å²) in [6, 6.07) is 8.17. The van der Waals surface area contributed by atoms with Crippen LogP contribution in [0.1, 0.15) is 35.2 Å². The van der Waals surface area contributed by atoms with Gasteiger partial charge in [0.1, 0.15) is 0 Å². The highest BCUT2D eigenvalue weighted by molar-refractivity contribution is 9.10. The summed E-state index contributed by atoms with van der Waals surface area (Å²) in [6.07, 6.45) is -1.91. The van der Waals surface area contributed by atoms with Crippen molar-refractivity contribution in [1.82, 2.24) is 4.31 Å². The first-order valence-corrected chi connectivity index (χ1v) is 11.1. The van der Waals surface area contributed by atoms with Crippen LogP contribution in [0.4, 0.5) is 18.9 Å². The Kier molecular flexibility index (Phi) is 6.35. The minimum atomic E-state index is -4.47. The number of hydrogen-bond acceptors (Lipinski definition) is 3. The van der Waals surface area contributed by atoms with Crippen molar-refractivity contribution in [2.24, 2.45) is 0 Å². The average Bonchev–Trinajstić information content (AvgIpc) is 2.68. The van der Waals surface area contributed by atoms with Crippen LogP contribution in [0.25, 0.3) is 0 Å². The number of anilines is 1. The Hall–Kier alpha value is -1.91. The number of sulfonamides is 1. The van der Waals surface area contributed by atoms with Gasteiger partial charge in [-0.1, -0.05) is 6.42 Å². The standard InChI is InChI=1S/C19H18BrF3N2O3S/c20-17-9-8-15(29(27,28)25-10-2-1-3-11-25)12-16(17)18(26)24-14-6-4-13(5-7-14)19(21,22)23/h4-9,12H,1-3,10-11H2,(H,24,26). The molecular weight excluding hydrogens is 473 g/mol. The van der Waals surface area contributed by atoms with Crippen molar-refractivity contribution in [3.05, 3.63) is 58.1 Å². The SMILES string of the molecule is O=C(Nc1ccc(C(F)(F)F)cc1)c1cc(S(=O)(=O)N2CCCCC2)ccc1Br. The molecule has 29 heavy (non-hydrogen) atoms. The second kappa shape index (κ2) is 8.45. The van der Waals surface area contributed by atoms with E-state index in [1.807, 2.05) is 0 Å². The van der Waals surface area contributed by atoms with Gasteiger partial charge in [0.05, 0.1) is 16.0 Å². The van der Waals surface area contributed by atoms with Crippen LogP contribution in [0.3, 0.4) is 0 Å². The molecule has 1 heterocycles. The Morgan fingerprint density at radius 3 is 2.21 bits per heavy atom. The predicted octanol–water partition coefficient (Wildman–Crippen LogP) is 4.89. The third-order valence-electron chi connectivity index (χ3n) is 4.61. The number of nitrogens with one attached hydrogen (secondary N) is 1. The fourth-order valence-electron chi connectivity index (χ4n) is 3.03. The molecule has 1 fully saturated rings. The van der Waals surface area contributed by atoms with Gasteiger partial charge in [0.25, 0.3) is 5.91 Å². The van der Waals surface area contributed by atoms with E-state index >= 15 is 0 Å². The van der Waals surface area contributed by atoms with Crippen molar-refractivity contribution in [2.75, 3.05) is 18.4 Å². The zero-order valence-corrected chi connectivity index (χ0v) is 17.6. The van der Waals surface area contributed by atoms with Gasteiger partial charge >= 0.3 is 6.18 Å². The molecule has 0 saturated carbocycles. The third kappa shape index (κ3) is 4.99. The summed E-state index contributed by atoms with van der Waals surface area (Å²) in [5, 5.41) is 2.49. The maximum absolute atomic E-state index is 12.8. The monoisotopic (exact) mass is 490 g/mol. The summed E-state index contributed by atoms with van der Waals surface area (Å²) in [7, 11) is -3.72. The van der Waals surface area contributed by atoms with E-state index in [-0.39, 0.29) is 16.1 Å². The average molecular weight is 491 g/mol. The smallest absolute Gasteiger partial charge is 0.322 e. The number of halogens is 4. The number of benzene rings is 2. The normalized spacial score (nSPS) is 15.9. The zero-order chi connectivity index (χ0) is 21.2. The molecule has 1 aliphatic heterocycles. The van der Waals surface area contributed by atoms with Crippen molar-refractivity contribution >= 4 is 37.5 Å². The topological polar surface area (TPSA) is 66.5 Å². The van der Waals surface area contributed by atoms with Crippen LogP contribution >= 0.6 is 15.9 Å². The van der Waals surface area contributed by atoms with Gasteiger partial charge in [-0.15, -0.1) is 0 Å². The fraction of sp³-hybridized carbons (Fsp3) is 0.316. The highest BCUT2D eigenvalue weighted by Crippen LogP contribution is 2.30. The van der Waals surface area contributed by atoms with Gasteiger partial charge in [0.2, 0.25) is 10.0 Å². The van der Waals surface area contributed by atoms with Crippen molar-refractivity contribution in [2.45, 2.75) is 30.3 Å². The van der Waals surface area contributed by atoms with Gasteiger partial charge in [-0.2, -0.15) is 17.5 Å². The van der Waals surface area contributed by atoms with E-state index in [9.17, 15) is 26.4 Å². The molecular formula is C19H18BrF3N2O3S. The number of carbonyl (C=O) groups excluding carboxylic acids is 1. The quantitative estimate of drug-likeness (QED) is 0.662. The first kappa shape index (κ1) is 21.8. The maximum Gasteiger partial charge on any atom is 0.416 e. The summed E-state index contributed by atoms with van der Waals surface area (Å²) >= 11 is 3.23. The van der Waals surface area contributed by atoms with E-state index in [0.717, 1.165) is 43.5 Å². The molecule has 10 heteroatoms. The molecule has 0 radical (unpaired) electrons. The molecule has 0 aliphatic carbocycles. The number of carbonyl (C=O) groups is 1. The summed E-state index contributed by atoms with van der Waals surface area (Å²) in [5.41, 5.74) is -0.589. The molecule has 1 N–H and O–H groups in total. The van der Waals surface area contributed by atoms with Gasteiger partial charge in [0, 0.05) is 23.2 Å². The molecule has 0 spiro atoms. The molecule has 2 aromatic rings. The lowest BCUT2D eigenvalue weighted by atomic mass is 10.1. The molecule has 0 atom stereocenters. The van der Waals surface area contributed by atoms with Crippen molar-refractivity contribution in [3.63, 3.8) is 0 Å². The molecule has 0 aromatic heterocycles. The second-order valence-corrected chi connectivity index (χ2v) is 9.43. The first-order valence-electron chi connectivity index (χ1n) is 8.87. The zero-order valence-electron chi connectivity index (χ0n) is 15.2. The van der Waals surface area contributed by atoms with Crippen molar-refractivity contribution in [1.29, 1.82) is 0 Å². The highest BCUT2D eigenvalue weighted by atomic mass is 79.9. The lowest BCUT2D eigenvalue weighted by molar-refractivity contribution is -0.137. The number of alkyl halides is 3. The summed E-state index contributed by atoms with van der Waals surface area (Å²) in [5.74, 6) is -0.632. The number of rotatable bonds is 4. The molecule has 2 aromatic carbocycles. The minimum Gasteiger partial charge on any atom is -0.322 e. The lowest BCUT2D eigenvalue weighted by Gasteiger charge is -2.26. The number of hydrogen-bond donors (Lipinski definition) is 1. The number of amides is 1. The van der Waals surface area contributed by atoms with Crippen LogP contribution in [-0.2, 0) is 16.2 Å². The maximum atomic E-state index is 12.8. The van der Waals surface area contributed by atoms with Gasteiger partial charge in [-0.25, -0.2) is 8.42 Å². The van der Waals surface area contributed by atoms with Crippen LogP contribution < -0.4 is 5.32 Å². The largest absolute Gasteiger partial charge is 0.416 e. The van der Waals surface area contributed by atoms with Crippen molar-refractivity contribution in [3.8, 4) is 0 Å². The van der Waals surface area contributed by atoms with E-state index in [2.05, 4.69) is 21.2 Å². The second-order valence-electron chi connectivity index (χ2n) is 6.64. The van der Waals surface area contributed by atoms with Crippen LogP contribution in [-0.4, -0.2) is 31.7 Å². The summed E-state index contributed by atoms with van der Waals surface area (Å²) in [6.45, 7) is 0.872. The summed E-state index contributed by atoms with van der Waals surface area (Å²) in [4.78, 5) is 12.6.